The Kier molecular flexibility index (Phi) is 5.64. The minimum absolute atomic E-state index is 0.397. The van der Waals surface area contributed by atoms with Gasteiger partial charge in [-0.2, -0.15) is 0 Å². The van der Waals surface area contributed by atoms with Gasteiger partial charge in [0.15, 0.2) is 0 Å². The van der Waals surface area contributed by atoms with Crippen molar-refractivity contribution in [3.63, 3.8) is 0 Å². The molecule has 1 unspecified atom stereocenters. The molecule has 0 aromatic heterocycles. The first-order chi connectivity index (χ1) is 10.3. The standard InChI is InChI=1S/C18H23NO2/c1-4-17(19-2)14-9-11-16(12-10-14)21-13-15-7-5-6-8-18(15)20-3/h5-12,17,19H,4,13H2,1-3H3. The Balaban J connectivity index is 2.00. The van der Waals surface area contributed by atoms with Crippen LogP contribution in [0.2, 0.25) is 0 Å². The summed E-state index contributed by atoms with van der Waals surface area (Å²) in [5.74, 6) is 1.73. The number of hydrogen-bond acceptors (Lipinski definition) is 3. The molecular formula is C18H23NO2. The zero-order chi connectivity index (χ0) is 15.1. The van der Waals surface area contributed by atoms with E-state index in [1.54, 1.807) is 7.11 Å². The van der Waals surface area contributed by atoms with Crippen molar-refractivity contribution in [2.75, 3.05) is 14.2 Å². The molecule has 3 nitrogen and oxygen atoms in total. The van der Waals surface area contributed by atoms with Crippen molar-refractivity contribution in [1.29, 1.82) is 0 Å². The Labute approximate surface area is 126 Å². The lowest BCUT2D eigenvalue weighted by Gasteiger charge is -2.15. The van der Waals surface area contributed by atoms with Crippen LogP contribution in [0.15, 0.2) is 48.5 Å². The summed E-state index contributed by atoms with van der Waals surface area (Å²) < 4.78 is 11.2. The van der Waals surface area contributed by atoms with Crippen molar-refractivity contribution in [2.24, 2.45) is 0 Å². The highest BCUT2D eigenvalue weighted by atomic mass is 16.5. The van der Waals surface area contributed by atoms with Crippen molar-refractivity contribution in [1.82, 2.24) is 5.32 Å². The number of ether oxygens (including phenoxy) is 2. The lowest BCUT2D eigenvalue weighted by Crippen LogP contribution is -2.14. The predicted molar refractivity (Wildman–Crippen MR) is 85.9 cm³/mol. The molecule has 0 saturated carbocycles. The largest absolute Gasteiger partial charge is 0.496 e. The molecule has 0 radical (unpaired) electrons. The van der Waals surface area contributed by atoms with E-state index < -0.39 is 0 Å². The predicted octanol–water partition coefficient (Wildman–Crippen LogP) is 3.94. The highest BCUT2D eigenvalue weighted by molar-refractivity contribution is 5.34. The van der Waals surface area contributed by atoms with E-state index in [1.807, 2.05) is 43.4 Å². The Morgan fingerprint density at radius 3 is 2.38 bits per heavy atom. The fraction of sp³-hybridized carbons (Fsp3) is 0.333. The zero-order valence-corrected chi connectivity index (χ0v) is 12.9. The van der Waals surface area contributed by atoms with Gasteiger partial charge >= 0.3 is 0 Å². The summed E-state index contributed by atoms with van der Waals surface area (Å²) in [6, 6.07) is 16.6. The number of nitrogens with one attached hydrogen (secondary N) is 1. The van der Waals surface area contributed by atoms with Crippen molar-refractivity contribution in [2.45, 2.75) is 26.0 Å². The zero-order valence-electron chi connectivity index (χ0n) is 12.9. The van der Waals surface area contributed by atoms with E-state index in [-0.39, 0.29) is 0 Å². The Morgan fingerprint density at radius 1 is 1.05 bits per heavy atom. The van der Waals surface area contributed by atoms with Gasteiger partial charge in [0.05, 0.1) is 7.11 Å². The monoisotopic (exact) mass is 285 g/mol. The average molecular weight is 285 g/mol. The highest BCUT2D eigenvalue weighted by Gasteiger charge is 2.07. The second kappa shape index (κ2) is 7.70. The number of benzene rings is 2. The van der Waals surface area contributed by atoms with Gasteiger partial charge in [0.2, 0.25) is 0 Å². The SMILES string of the molecule is CCC(NC)c1ccc(OCc2ccccc2OC)cc1. The molecule has 0 aliphatic carbocycles. The summed E-state index contributed by atoms with van der Waals surface area (Å²) >= 11 is 0. The van der Waals surface area contributed by atoms with E-state index in [4.69, 9.17) is 9.47 Å². The van der Waals surface area contributed by atoms with Gasteiger partial charge in [-0.1, -0.05) is 37.3 Å². The van der Waals surface area contributed by atoms with Gasteiger partial charge in [-0.05, 0) is 37.2 Å². The van der Waals surface area contributed by atoms with Crippen molar-refractivity contribution >= 4 is 0 Å². The Bertz CT molecular complexity index is 547. The summed E-state index contributed by atoms with van der Waals surface area (Å²) in [6.07, 6.45) is 1.07. The summed E-state index contributed by atoms with van der Waals surface area (Å²) in [6.45, 7) is 2.68. The van der Waals surface area contributed by atoms with E-state index in [9.17, 15) is 0 Å². The van der Waals surface area contributed by atoms with Crippen LogP contribution >= 0.6 is 0 Å². The number of methoxy groups -OCH3 is 1. The van der Waals surface area contributed by atoms with Crippen molar-refractivity contribution in [3.8, 4) is 11.5 Å². The molecule has 0 spiro atoms. The molecule has 112 valence electrons. The van der Waals surface area contributed by atoms with Crippen LogP contribution in [0.3, 0.4) is 0 Å². The molecule has 1 N–H and O–H groups in total. The minimum Gasteiger partial charge on any atom is -0.496 e. The fourth-order valence-corrected chi connectivity index (χ4v) is 2.39. The van der Waals surface area contributed by atoms with Gasteiger partial charge in [0.25, 0.3) is 0 Å². The van der Waals surface area contributed by atoms with Gasteiger partial charge < -0.3 is 14.8 Å². The van der Waals surface area contributed by atoms with Crippen LogP contribution in [0.25, 0.3) is 0 Å². The smallest absolute Gasteiger partial charge is 0.125 e. The van der Waals surface area contributed by atoms with Gasteiger partial charge in [0, 0.05) is 11.6 Å². The van der Waals surface area contributed by atoms with E-state index in [0.29, 0.717) is 12.6 Å². The van der Waals surface area contributed by atoms with E-state index in [2.05, 4.69) is 24.4 Å². The van der Waals surface area contributed by atoms with Crippen LogP contribution in [0, 0.1) is 0 Å². The number of hydrogen-bond donors (Lipinski definition) is 1. The third-order valence-corrected chi connectivity index (χ3v) is 3.63. The molecule has 0 aliphatic heterocycles. The van der Waals surface area contributed by atoms with E-state index in [0.717, 1.165) is 23.5 Å². The van der Waals surface area contributed by atoms with E-state index in [1.165, 1.54) is 5.56 Å². The van der Waals surface area contributed by atoms with Crippen LogP contribution in [-0.2, 0) is 6.61 Å². The van der Waals surface area contributed by atoms with Crippen molar-refractivity contribution < 1.29 is 9.47 Å². The molecule has 2 aromatic carbocycles. The number of rotatable bonds is 7. The molecule has 0 heterocycles. The quantitative estimate of drug-likeness (QED) is 0.835. The molecule has 3 heteroatoms. The van der Waals surface area contributed by atoms with Crippen LogP contribution in [0.4, 0.5) is 0 Å². The highest BCUT2D eigenvalue weighted by Crippen LogP contribution is 2.22. The summed E-state index contributed by atoms with van der Waals surface area (Å²) in [7, 11) is 3.66. The second-order valence-electron chi connectivity index (χ2n) is 4.92. The van der Waals surface area contributed by atoms with Gasteiger partial charge in [-0.15, -0.1) is 0 Å². The van der Waals surface area contributed by atoms with Gasteiger partial charge in [-0.3, -0.25) is 0 Å². The molecule has 0 fully saturated rings. The Morgan fingerprint density at radius 2 is 1.76 bits per heavy atom. The average Bonchev–Trinajstić information content (AvgIpc) is 2.55. The van der Waals surface area contributed by atoms with Crippen LogP contribution in [0.5, 0.6) is 11.5 Å². The maximum atomic E-state index is 5.84. The first kappa shape index (κ1) is 15.4. The summed E-state index contributed by atoms with van der Waals surface area (Å²) in [5.41, 5.74) is 2.33. The second-order valence-corrected chi connectivity index (χ2v) is 4.92. The van der Waals surface area contributed by atoms with Crippen LogP contribution in [0.1, 0.15) is 30.5 Å². The normalized spacial score (nSPS) is 12.0. The summed E-state index contributed by atoms with van der Waals surface area (Å²) in [4.78, 5) is 0. The van der Waals surface area contributed by atoms with E-state index >= 15 is 0 Å². The lowest BCUT2D eigenvalue weighted by molar-refractivity contribution is 0.296. The van der Waals surface area contributed by atoms with Crippen LogP contribution < -0.4 is 14.8 Å². The lowest BCUT2D eigenvalue weighted by atomic mass is 10.0. The maximum absolute atomic E-state index is 5.84. The molecule has 0 bridgehead atoms. The van der Waals surface area contributed by atoms with Gasteiger partial charge in [0.1, 0.15) is 18.1 Å². The first-order valence-corrected chi connectivity index (χ1v) is 7.30. The topological polar surface area (TPSA) is 30.5 Å². The first-order valence-electron chi connectivity index (χ1n) is 7.30. The van der Waals surface area contributed by atoms with Crippen LogP contribution in [-0.4, -0.2) is 14.2 Å². The molecule has 1 atom stereocenters. The molecular weight excluding hydrogens is 262 g/mol. The minimum atomic E-state index is 0.397. The maximum Gasteiger partial charge on any atom is 0.125 e. The molecule has 0 saturated heterocycles. The number of para-hydroxylation sites is 1. The fourth-order valence-electron chi connectivity index (χ4n) is 2.39. The molecule has 2 aromatic rings. The van der Waals surface area contributed by atoms with Crippen molar-refractivity contribution in [3.05, 3.63) is 59.7 Å². The third kappa shape index (κ3) is 3.99. The molecule has 21 heavy (non-hydrogen) atoms. The third-order valence-electron chi connectivity index (χ3n) is 3.63. The summed E-state index contributed by atoms with van der Waals surface area (Å²) in [5, 5.41) is 3.30. The van der Waals surface area contributed by atoms with Gasteiger partial charge in [-0.25, -0.2) is 0 Å². The molecule has 0 aliphatic rings. The molecule has 0 amide bonds. The molecule has 2 rings (SSSR count). The Hall–Kier alpha value is -2.00.